The minimum Gasteiger partial charge on any atom is -0.497 e. The van der Waals surface area contributed by atoms with Gasteiger partial charge in [0.05, 0.1) is 14.2 Å². The lowest BCUT2D eigenvalue weighted by atomic mass is 10.2. The van der Waals surface area contributed by atoms with E-state index in [1.807, 2.05) is 48.5 Å². The molecule has 2 unspecified atom stereocenters. The fourth-order valence-electron chi connectivity index (χ4n) is 1.93. The maximum Gasteiger partial charge on any atom is 0.151 e. The molecule has 2 atom stereocenters. The molecule has 2 rings (SSSR count). The van der Waals surface area contributed by atoms with Crippen molar-refractivity contribution >= 4 is 34.0 Å². The molecule has 2 aromatic rings. The number of benzene rings is 2. The van der Waals surface area contributed by atoms with Crippen molar-refractivity contribution in [2.24, 2.45) is 0 Å². The number of aliphatic hydroxyl groups excluding tert-OH is 1. The van der Waals surface area contributed by atoms with Crippen molar-refractivity contribution in [3.63, 3.8) is 0 Å². The molecule has 0 saturated heterocycles. The average Bonchev–Trinajstić information content (AvgIpc) is 2.61. The number of hydrogen-bond donors (Lipinski definition) is 1. The van der Waals surface area contributed by atoms with Gasteiger partial charge in [0.25, 0.3) is 0 Å². The zero-order chi connectivity index (χ0) is 16.9. The highest BCUT2D eigenvalue weighted by molar-refractivity contribution is 8.71. The summed E-state index contributed by atoms with van der Waals surface area (Å²) in [6, 6.07) is 14.7. The van der Waals surface area contributed by atoms with Gasteiger partial charge in [0.15, 0.2) is 5.47 Å². The monoisotopic (exact) mass is 370 g/mol. The Morgan fingerprint density at radius 1 is 0.913 bits per heavy atom. The summed E-state index contributed by atoms with van der Waals surface area (Å²) in [4.78, 5) is 0. The number of hydrogen-bond acceptors (Lipinski definition) is 6. The molecule has 0 fully saturated rings. The van der Waals surface area contributed by atoms with Crippen LogP contribution in [0.15, 0.2) is 48.5 Å². The van der Waals surface area contributed by atoms with Crippen LogP contribution in [0.4, 0.5) is 0 Å². The van der Waals surface area contributed by atoms with Gasteiger partial charge in [-0.1, -0.05) is 35.3 Å². The van der Waals surface area contributed by atoms with Crippen LogP contribution < -0.4 is 14.8 Å². The van der Waals surface area contributed by atoms with Crippen molar-refractivity contribution in [3.8, 4) is 11.5 Å². The Hall–Kier alpha value is -1.04. The molecule has 0 aliphatic carbocycles. The highest BCUT2D eigenvalue weighted by Gasteiger charge is 2.25. The summed E-state index contributed by atoms with van der Waals surface area (Å²) < 4.78 is 15.9. The second-order valence-electron chi connectivity index (χ2n) is 4.61. The van der Waals surface area contributed by atoms with Crippen LogP contribution in [0.5, 0.6) is 11.5 Å². The number of aliphatic hydroxyl groups is 1. The Morgan fingerprint density at radius 2 is 1.39 bits per heavy atom. The number of methoxy groups -OCH3 is 2. The van der Waals surface area contributed by atoms with Gasteiger partial charge in [0.1, 0.15) is 16.9 Å². The number of rotatable bonds is 7. The Balaban J connectivity index is 2.19. The third kappa shape index (κ3) is 4.49. The average molecular weight is 370 g/mol. The predicted molar refractivity (Wildman–Crippen MR) is 99.5 cm³/mol. The summed E-state index contributed by atoms with van der Waals surface area (Å²) in [7, 11) is 4.80. The maximum absolute atomic E-state index is 10.5. The van der Waals surface area contributed by atoms with Gasteiger partial charge in [-0.3, -0.25) is 0 Å². The topological polar surface area (TPSA) is 47.9 Å². The summed E-state index contributed by atoms with van der Waals surface area (Å²) in [6.07, 6.45) is 0. The number of ether oxygens (including phenoxy) is 2. The summed E-state index contributed by atoms with van der Waals surface area (Å²) in [5, 5.41) is 11.4. The second kappa shape index (κ2) is 8.18. The van der Waals surface area contributed by atoms with E-state index in [4.69, 9.17) is 25.8 Å². The van der Waals surface area contributed by atoms with Crippen LogP contribution in [0.1, 0.15) is 11.0 Å². The first-order valence-corrected chi connectivity index (χ1v) is 11.0. The molecule has 1 N–H and O–H groups in total. The van der Waals surface area contributed by atoms with E-state index in [0.717, 1.165) is 22.4 Å². The van der Waals surface area contributed by atoms with Gasteiger partial charge in [-0.25, -0.2) is 0 Å². The molecule has 23 heavy (non-hydrogen) atoms. The quantitative estimate of drug-likeness (QED) is 0.592. The van der Waals surface area contributed by atoms with Gasteiger partial charge >= 0.3 is 0 Å². The predicted octanol–water partition coefficient (Wildman–Crippen LogP) is 3.71. The largest absolute Gasteiger partial charge is 0.497 e. The van der Waals surface area contributed by atoms with Crippen LogP contribution >= 0.6 is 16.8 Å². The first kappa shape index (κ1) is 18.3. The van der Waals surface area contributed by atoms with Gasteiger partial charge in [-0.15, -0.1) is 0 Å². The summed E-state index contributed by atoms with van der Waals surface area (Å²) in [5.74, 6) is 1.50. The summed E-state index contributed by atoms with van der Waals surface area (Å²) in [5.41, 5.74) is -2.42. The first-order valence-electron chi connectivity index (χ1n) is 6.83. The molecule has 7 heteroatoms. The fourth-order valence-corrected chi connectivity index (χ4v) is 6.65. The zero-order valence-corrected chi connectivity index (χ0v) is 15.7. The lowest BCUT2D eigenvalue weighted by molar-refractivity contribution is 0.271. The van der Waals surface area contributed by atoms with E-state index >= 15 is 0 Å². The van der Waals surface area contributed by atoms with E-state index < -0.39 is 10.9 Å². The Labute approximate surface area is 145 Å². The molecule has 0 heterocycles. The van der Waals surface area contributed by atoms with Crippen LogP contribution in [-0.2, 0) is 16.3 Å². The molecule has 0 amide bonds. The maximum atomic E-state index is 10.5. The van der Waals surface area contributed by atoms with Crippen molar-refractivity contribution in [2.75, 3.05) is 21.3 Å². The summed E-state index contributed by atoms with van der Waals surface area (Å²) >= 11 is 6.96. The van der Waals surface area contributed by atoms with Crippen molar-refractivity contribution in [2.45, 2.75) is 5.44 Å². The molecule has 0 aromatic heterocycles. The molecule has 0 spiro atoms. The Kier molecular flexibility index (Phi) is 6.50. The first-order chi connectivity index (χ1) is 11.0. The second-order valence-corrected chi connectivity index (χ2v) is 11.6. The molecule has 2 aromatic carbocycles. The van der Waals surface area contributed by atoms with E-state index in [2.05, 4.69) is 0 Å². The highest BCUT2D eigenvalue weighted by Crippen LogP contribution is 2.63. The minimum absolute atomic E-state index is 0.743. The van der Waals surface area contributed by atoms with Gasteiger partial charge in [-0.2, -0.15) is 0 Å². The van der Waals surface area contributed by atoms with Crippen molar-refractivity contribution in [1.82, 2.24) is 0 Å². The van der Waals surface area contributed by atoms with E-state index in [0.29, 0.717) is 0 Å². The normalized spacial score (nSPS) is 14.8. The zero-order valence-electron chi connectivity index (χ0n) is 13.1. The molecular weight excluding hydrogens is 351 g/mol. The molecular formula is C16H19O4PS2. The third-order valence-electron chi connectivity index (χ3n) is 3.27. The van der Waals surface area contributed by atoms with Crippen molar-refractivity contribution < 1.29 is 19.1 Å². The smallest absolute Gasteiger partial charge is 0.151 e. The Morgan fingerprint density at radius 3 is 1.83 bits per heavy atom. The van der Waals surface area contributed by atoms with Gasteiger partial charge in [0.2, 0.25) is 0 Å². The lowest BCUT2D eigenvalue weighted by Gasteiger charge is -2.23. The molecule has 0 bridgehead atoms. The fraction of sp³-hybridized carbons (Fsp3) is 0.250. The Bertz CT molecular complexity index is 673. The molecule has 0 saturated carbocycles. The van der Waals surface area contributed by atoms with Gasteiger partial charge < -0.3 is 19.1 Å². The van der Waals surface area contributed by atoms with E-state index in [9.17, 15) is 5.11 Å². The van der Waals surface area contributed by atoms with Gasteiger partial charge in [0, 0.05) is 12.4 Å². The molecule has 0 aliphatic rings. The molecule has 0 aliphatic heterocycles. The molecule has 4 nitrogen and oxygen atoms in total. The standard InChI is InChI=1S/C16H19O4PS2/c1-18-13-6-4-12(5-7-13)16(17)23-21(22,20-3)15-10-8-14(19-2)9-11-15/h4-11,16-17H,1-3H3. The van der Waals surface area contributed by atoms with Gasteiger partial charge in [-0.05, 0) is 42.0 Å². The minimum atomic E-state index is -2.41. The lowest BCUT2D eigenvalue weighted by Crippen LogP contribution is -2.05. The molecule has 0 radical (unpaired) electrons. The van der Waals surface area contributed by atoms with Crippen LogP contribution in [-0.4, -0.2) is 26.4 Å². The summed E-state index contributed by atoms with van der Waals surface area (Å²) in [6.45, 7) is 0. The van der Waals surface area contributed by atoms with Crippen LogP contribution in [0.25, 0.3) is 0 Å². The van der Waals surface area contributed by atoms with E-state index in [1.54, 1.807) is 21.3 Å². The molecule has 124 valence electrons. The van der Waals surface area contributed by atoms with Crippen molar-refractivity contribution in [3.05, 3.63) is 54.1 Å². The van der Waals surface area contributed by atoms with Crippen LogP contribution in [0, 0.1) is 0 Å². The third-order valence-corrected chi connectivity index (χ3v) is 9.79. The highest BCUT2D eigenvalue weighted by atomic mass is 32.9. The SMILES string of the molecule is COc1ccc(C(O)SP(=S)(OC)c2ccc(OC)cc2)cc1. The van der Waals surface area contributed by atoms with Crippen molar-refractivity contribution in [1.29, 1.82) is 0 Å². The van der Waals surface area contributed by atoms with E-state index in [1.165, 1.54) is 11.4 Å². The van der Waals surface area contributed by atoms with Crippen LogP contribution in [0.3, 0.4) is 0 Å². The van der Waals surface area contributed by atoms with Crippen LogP contribution in [0.2, 0.25) is 0 Å². The van der Waals surface area contributed by atoms with E-state index in [-0.39, 0.29) is 0 Å².